The lowest BCUT2D eigenvalue weighted by atomic mass is 10.1. The van der Waals surface area contributed by atoms with Gasteiger partial charge in [0.25, 0.3) is 0 Å². The molecule has 3 heterocycles. The molecule has 7 nitrogen and oxygen atoms in total. The van der Waals surface area contributed by atoms with E-state index in [1.54, 1.807) is 31.4 Å². The molecule has 1 N–H and O–H groups in total. The maximum Gasteiger partial charge on any atom is 0.182 e. The highest BCUT2D eigenvalue weighted by Crippen LogP contribution is 2.34. The highest BCUT2D eigenvalue weighted by atomic mass is 32.2. The molecule has 0 unspecified atom stereocenters. The van der Waals surface area contributed by atoms with Crippen molar-refractivity contribution in [2.75, 3.05) is 51.3 Å². The van der Waals surface area contributed by atoms with Crippen molar-refractivity contribution in [1.82, 2.24) is 14.9 Å². The molecule has 172 valence electrons. The summed E-state index contributed by atoms with van der Waals surface area (Å²) in [6, 6.07) is 16.5. The second-order valence-electron chi connectivity index (χ2n) is 8.45. The molecule has 0 bridgehead atoms. The number of aromatic nitrogens is 2. The Hall–Kier alpha value is -2.94. The van der Waals surface area contributed by atoms with Crippen molar-refractivity contribution in [3.05, 3.63) is 66.4 Å². The van der Waals surface area contributed by atoms with Crippen LogP contribution in [0.25, 0.3) is 21.9 Å². The van der Waals surface area contributed by atoms with E-state index in [9.17, 15) is 8.42 Å². The maximum absolute atomic E-state index is 12.9. The number of ether oxygens (including phenoxy) is 1. The van der Waals surface area contributed by atoms with E-state index in [0.717, 1.165) is 72.5 Å². The standard InChI is InChI=1S/C25H28N4O3S/c1-32-16-15-28-11-13-29(14-12-28)23-9-10-26-25-24(23)21-17-19(7-8-22(21)27-25)18-33(30,31)20-5-3-2-4-6-20/h2-10,17H,11-16,18H2,1H3,(H,26,27). The Morgan fingerprint density at radius 2 is 1.82 bits per heavy atom. The first-order valence-corrected chi connectivity index (χ1v) is 12.8. The molecule has 2 aromatic carbocycles. The fraction of sp³-hybridized carbons (Fsp3) is 0.320. The number of pyridine rings is 1. The van der Waals surface area contributed by atoms with Crippen molar-refractivity contribution >= 4 is 37.5 Å². The summed E-state index contributed by atoms with van der Waals surface area (Å²) in [5.74, 6) is -0.0343. The molecule has 0 atom stereocenters. The minimum atomic E-state index is -3.41. The average molecular weight is 465 g/mol. The predicted octanol–water partition coefficient (Wildman–Crippen LogP) is 3.46. The SMILES string of the molecule is COCCN1CCN(c2ccnc3[nH]c4ccc(CS(=O)(=O)c5ccccc5)cc4c23)CC1. The Morgan fingerprint density at radius 1 is 1.03 bits per heavy atom. The smallest absolute Gasteiger partial charge is 0.182 e. The quantitative estimate of drug-likeness (QED) is 0.451. The van der Waals surface area contributed by atoms with Crippen LogP contribution in [0.4, 0.5) is 5.69 Å². The van der Waals surface area contributed by atoms with Crippen LogP contribution in [0.1, 0.15) is 5.56 Å². The van der Waals surface area contributed by atoms with Gasteiger partial charge < -0.3 is 14.6 Å². The number of hydrogen-bond acceptors (Lipinski definition) is 6. The molecule has 4 aromatic rings. The Bertz CT molecular complexity index is 1360. The van der Waals surface area contributed by atoms with E-state index in [1.807, 2.05) is 30.5 Å². The van der Waals surface area contributed by atoms with Crippen LogP contribution in [0.5, 0.6) is 0 Å². The average Bonchev–Trinajstić information content (AvgIpc) is 3.21. The highest BCUT2D eigenvalue weighted by Gasteiger charge is 2.21. The molecule has 1 aliphatic heterocycles. The molecule has 1 aliphatic rings. The van der Waals surface area contributed by atoms with E-state index in [4.69, 9.17) is 4.74 Å². The van der Waals surface area contributed by atoms with Gasteiger partial charge in [0.05, 0.1) is 22.9 Å². The van der Waals surface area contributed by atoms with Crippen LogP contribution in [-0.4, -0.2) is 69.7 Å². The minimum Gasteiger partial charge on any atom is -0.383 e. The van der Waals surface area contributed by atoms with Crippen LogP contribution >= 0.6 is 0 Å². The van der Waals surface area contributed by atoms with Gasteiger partial charge in [0.2, 0.25) is 0 Å². The third-order valence-electron chi connectivity index (χ3n) is 6.32. The highest BCUT2D eigenvalue weighted by molar-refractivity contribution is 7.90. The van der Waals surface area contributed by atoms with Crippen molar-refractivity contribution < 1.29 is 13.2 Å². The zero-order valence-electron chi connectivity index (χ0n) is 18.7. The summed E-state index contributed by atoms with van der Waals surface area (Å²) in [5.41, 5.74) is 3.70. The molecule has 0 aliphatic carbocycles. The maximum atomic E-state index is 12.9. The fourth-order valence-corrected chi connectivity index (χ4v) is 5.92. The Morgan fingerprint density at radius 3 is 2.58 bits per heavy atom. The lowest BCUT2D eigenvalue weighted by Gasteiger charge is -2.36. The van der Waals surface area contributed by atoms with E-state index < -0.39 is 9.84 Å². The number of nitrogens with zero attached hydrogens (tertiary/aromatic N) is 3. The Labute approximate surface area is 193 Å². The summed E-state index contributed by atoms with van der Waals surface area (Å²) in [6.07, 6.45) is 1.84. The lowest BCUT2D eigenvalue weighted by molar-refractivity contribution is 0.144. The summed E-state index contributed by atoms with van der Waals surface area (Å²) in [6.45, 7) is 5.51. The molecule has 1 fully saturated rings. The number of benzene rings is 2. The number of hydrogen-bond donors (Lipinski definition) is 1. The molecule has 2 aromatic heterocycles. The van der Waals surface area contributed by atoms with Crippen LogP contribution in [0.15, 0.2) is 65.7 Å². The van der Waals surface area contributed by atoms with E-state index in [0.29, 0.717) is 4.90 Å². The second kappa shape index (κ2) is 9.13. The van der Waals surface area contributed by atoms with Gasteiger partial charge in [-0.1, -0.05) is 24.3 Å². The zero-order valence-corrected chi connectivity index (χ0v) is 19.5. The van der Waals surface area contributed by atoms with E-state index in [2.05, 4.69) is 25.8 Å². The fourth-order valence-electron chi connectivity index (χ4n) is 4.56. The minimum absolute atomic E-state index is 0.0343. The molecule has 0 radical (unpaired) electrons. The topological polar surface area (TPSA) is 78.5 Å². The molecule has 8 heteroatoms. The molecule has 0 saturated carbocycles. The molecular formula is C25H28N4O3S. The summed E-state index contributed by atoms with van der Waals surface area (Å²) in [7, 11) is -1.68. The normalized spacial score (nSPS) is 15.5. The van der Waals surface area contributed by atoms with Gasteiger partial charge in [0.15, 0.2) is 9.84 Å². The van der Waals surface area contributed by atoms with Crippen LogP contribution in [0.3, 0.4) is 0 Å². The summed E-state index contributed by atoms with van der Waals surface area (Å²) < 4.78 is 31.1. The predicted molar refractivity (Wildman–Crippen MR) is 131 cm³/mol. The number of nitrogens with one attached hydrogen (secondary N) is 1. The van der Waals surface area contributed by atoms with Crippen molar-refractivity contribution in [3.8, 4) is 0 Å². The number of rotatable bonds is 7. The number of H-pyrrole nitrogens is 1. The van der Waals surface area contributed by atoms with E-state index in [-0.39, 0.29) is 5.75 Å². The van der Waals surface area contributed by atoms with Gasteiger partial charge >= 0.3 is 0 Å². The monoisotopic (exact) mass is 464 g/mol. The van der Waals surface area contributed by atoms with Crippen LogP contribution in [0, 0.1) is 0 Å². The van der Waals surface area contributed by atoms with Crippen LogP contribution in [0.2, 0.25) is 0 Å². The molecule has 33 heavy (non-hydrogen) atoms. The van der Waals surface area contributed by atoms with Crippen LogP contribution < -0.4 is 4.90 Å². The number of fused-ring (bicyclic) bond motifs is 3. The van der Waals surface area contributed by atoms with E-state index in [1.165, 1.54) is 0 Å². The van der Waals surface area contributed by atoms with Gasteiger partial charge in [0.1, 0.15) is 5.65 Å². The van der Waals surface area contributed by atoms with Gasteiger partial charge in [-0.2, -0.15) is 0 Å². The molecule has 0 spiro atoms. The largest absolute Gasteiger partial charge is 0.383 e. The van der Waals surface area contributed by atoms with Gasteiger partial charge in [-0.25, -0.2) is 13.4 Å². The third-order valence-corrected chi connectivity index (χ3v) is 8.02. The number of sulfone groups is 1. The van der Waals surface area contributed by atoms with Gasteiger partial charge in [-0.3, -0.25) is 4.90 Å². The first kappa shape index (κ1) is 21.9. The molecule has 1 saturated heterocycles. The summed E-state index contributed by atoms with van der Waals surface area (Å²) in [4.78, 5) is 13.1. The molecular weight excluding hydrogens is 436 g/mol. The first-order valence-electron chi connectivity index (χ1n) is 11.2. The van der Waals surface area contributed by atoms with Crippen molar-refractivity contribution in [3.63, 3.8) is 0 Å². The molecule has 5 rings (SSSR count). The number of aromatic amines is 1. The van der Waals surface area contributed by atoms with Gasteiger partial charge in [-0.15, -0.1) is 0 Å². The van der Waals surface area contributed by atoms with E-state index >= 15 is 0 Å². The molecule has 0 amide bonds. The summed E-state index contributed by atoms with van der Waals surface area (Å²) >= 11 is 0. The van der Waals surface area contributed by atoms with Crippen molar-refractivity contribution in [2.24, 2.45) is 0 Å². The van der Waals surface area contributed by atoms with Gasteiger partial charge in [0, 0.05) is 62.3 Å². The Kier molecular flexibility index (Phi) is 6.05. The number of piperazine rings is 1. The van der Waals surface area contributed by atoms with Crippen molar-refractivity contribution in [1.29, 1.82) is 0 Å². The number of methoxy groups -OCH3 is 1. The van der Waals surface area contributed by atoms with Crippen LogP contribution in [-0.2, 0) is 20.3 Å². The zero-order chi connectivity index (χ0) is 22.8. The second-order valence-corrected chi connectivity index (χ2v) is 10.4. The lowest BCUT2D eigenvalue weighted by Crippen LogP contribution is -2.47. The number of anilines is 1. The summed E-state index contributed by atoms with van der Waals surface area (Å²) in [5, 5.41) is 2.06. The first-order chi connectivity index (χ1) is 16.0. The van der Waals surface area contributed by atoms with Crippen molar-refractivity contribution in [2.45, 2.75) is 10.6 Å². The Balaban J connectivity index is 1.47. The van der Waals surface area contributed by atoms with Gasteiger partial charge in [-0.05, 0) is 35.9 Å². The third kappa shape index (κ3) is 4.46.